The molecule has 5 amide bonds. The molecule has 21 nitrogen and oxygen atoms in total. The molecule has 2 aliphatic heterocycles. The number of nitrogens with zero attached hydrogens (tertiary/aromatic N) is 5. The number of carbonyl (C=O) groups is 6. The summed E-state index contributed by atoms with van der Waals surface area (Å²) in [6.45, 7) is 5.87. The normalized spacial score (nSPS) is 18.9. The fourth-order valence-corrected chi connectivity index (χ4v) is 9.78. The number of thiazole rings is 1. The number of aliphatic imine (C=N–C) groups is 1. The quantitative estimate of drug-likeness (QED) is 0.0502. The summed E-state index contributed by atoms with van der Waals surface area (Å²) in [5.74, 6) is -2.86. The van der Waals surface area contributed by atoms with Crippen LogP contribution in [0.3, 0.4) is 0 Å². The zero-order valence-electron chi connectivity index (χ0n) is 38.9. The van der Waals surface area contributed by atoms with Gasteiger partial charge in [-0.2, -0.15) is 17.6 Å². The molecule has 0 fully saturated rings. The van der Waals surface area contributed by atoms with Crippen LogP contribution in [0, 0.1) is 5.92 Å². The third-order valence-electron chi connectivity index (χ3n) is 11.3. The number of hydrogen-bond acceptors (Lipinski definition) is 17. The van der Waals surface area contributed by atoms with Crippen LogP contribution in [-0.2, 0) is 43.6 Å². The summed E-state index contributed by atoms with van der Waals surface area (Å²) in [6, 6.07) is 10.9. The Hall–Kier alpha value is -7.18. The van der Waals surface area contributed by atoms with Crippen molar-refractivity contribution in [2.75, 3.05) is 22.6 Å². The van der Waals surface area contributed by atoms with Crippen LogP contribution in [0.25, 0.3) is 21.6 Å². The van der Waals surface area contributed by atoms with Crippen LogP contribution in [0.5, 0.6) is 0 Å². The van der Waals surface area contributed by atoms with Gasteiger partial charge in [0.25, 0.3) is 11.5 Å². The molecule has 5 aromatic rings. The van der Waals surface area contributed by atoms with Crippen molar-refractivity contribution in [3.05, 3.63) is 105 Å². The van der Waals surface area contributed by atoms with E-state index in [0.29, 0.717) is 45.1 Å². The van der Waals surface area contributed by atoms with Crippen LogP contribution in [0.1, 0.15) is 78.8 Å². The van der Waals surface area contributed by atoms with Gasteiger partial charge in [0, 0.05) is 30.0 Å². The van der Waals surface area contributed by atoms with Crippen molar-refractivity contribution in [3.63, 3.8) is 0 Å². The Morgan fingerprint density at radius 2 is 1.77 bits per heavy atom. The molecule has 2 aliphatic rings. The lowest BCUT2D eigenvalue weighted by Gasteiger charge is -2.27. The maximum absolute atomic E-state index is 13.8. The van der Waals surface area contributed by atoms with Crippen LogP contribution < -0.4 is 43.2 Å². The van der Waals surface area contributed by atoms with Gasteiger partial charge in [-0.15, -0.1) is 23.1 Å². The van der Waals surface area contributed by atoms with E-state index in [1.807, 2.05) is 44.2 Å². The number of rotatable bonds is 16. The number of nitrogens with two attached hydrogens (primary N) is 1. The minimum absolute atomic E-state index is 0.0301. The number of thiol groups is 1. The first-order valence-electron chi connectivity index (χ1n) is 22.6. The highest BCUT2D eigenvalue weighted by atomic mass is 32.2. The second-order valence-corrected chi connectivity index (χ2v) is 19.8. The highest BCUT2D eigenvalue weighted by molar-refractivity contribution is 8.14. The number of allylic oxidation sites excluding steroid dienone is 1. The summed E-state index contributed by atoms with van der Waals surface area (Å²) in [4.78, 5) is 116. The number of nitrogens with one attached hydrogen (secondary N) is 7. The molecule has 71 heavy (non-hydrogen) atoms. The first kappa shape index (κ1) is 51.7. The minimum Gasteiger partial charge on any atom is -0.480 e. The SMILES string of the molecule is CC(C)[C@@H]1NC(=O)[C@]2(C)CSC(=N2)c2nc(sc2-c2ccc(CNC(=O)CC[C@H](NC(=O)c3ccc(NCc4cnc5nc(N)[nH]c(=O)c5n4)cc3)C(=O)O)cc2)CNC(=O)CC(/C=C/CCS)NC1=O. The Morgan fingerprint density at radius 1 is 1.01 bits per heavy atom. The zero-order valence-corrected chi connectivity index (χ0v) is 41.4. The highest BCUT2D eigenvalue weighted by Gasteiger charge is 2.42. The third kappa shape index (κ3) is 13.4. The Morgan fingerprint density at radius 3 is 2.49 bits per heavy atom. The summed E-state index contributed by atoms with van der Waals surface area (Å²) in [5.41, 5.74) is 7.39. The number of aromatic nitrogens is 5. The van der Waals surface area contributed by atoms with E-state index in [-0.39, 0.29) is 73.4 Å². The van der Waals surface area contributed by atoms with Gasteiger partial charge in [-0.1, -0.05) is 50.3 Å². The summed E-state index contributed by atoms with van der Waals surface area (Å²) in [7, 11) is 0. The second kappa shape index (κ2) is 23.2. The average Bonchev–Trinajstić information content (AvgIpc) is 3.96. The van der Waals surface area contributed by atoms with Gasteiger partial charge in [0.15, 0.2) is 11.2 Å². The number of anilines is 2. The van der Waals surface area contributed by atoms with Gasteiger partial charge in [0.05, 0.1) is 42.3 Å². The number of fused-ring (bicyclic) bond motifs is 5. The van der Waals surface area contributed by atoms with Gasteiger partial charge in [-0.05, 0) is 66.8 Å². The lowest BCUT2D eigenvalue weighted by atomic mass is 9.99. The Labute approximate surface area is 421 Å². The van der Waals surface area contributed by atoms with Gasteiger partial charge in [0.1, 0.15) is 33.4 Å². The van der Waals surface area contributed by atoms with Crippen molar-refractivity contribution in [2.24, 2.45) is 10.9 Å². The first-order chi connectivity index (χ1) is 34.0. The molecular weight excluding hydrogens is 971 g/mol. The Kier molecular flexibility index (Phi) is 16.9. The number of carboxylic acids is 1. The molecule has 0 radical (unpaired) electrons. The molecule has 0 saturated carbocycles. The number of carbonyl (C=O) groups excluding carboxylic acids is 5. The van der Waals surface area contributed by atoms with Crippen molar-refractivity contribution in [1.29, 1.82) is 0 Å². The number of thioether (sulfide) groups is 1. The molecule has 372 valence electrons. The molecule has 0 spiro atoms. The molecular formula is C47H53N13O8S3. The van der Waals surface area contributed by atoms with Gasteiger partial charge >= 0.3 is 5.97 Å². The zero-order chi connectivity index (χ0) is 50.8. The predicted molar refractivity (Wildman–Crippen MR) is 274 cm³/mol. The number of H-pyrrole nitrogens is 1. The van der Waals surface area contributed by atoms with Crippen LogP contribution in [0.4, 0.5) is 11.6 Å². The van der Waals surface area contributed by atoms with Crippen LogP contribution in [0.2, 0.25) is 0 Å². The Bertz CT molecular complexity index is 2940. The van der Waals surface area contributed by atoms with E-state index in [0.717, 1.165) is 16.0 Å². The summed E-state index contributed by atoms with van der Waals surface area (Å²) in [6.07, 6.45) is 5.36. The Balaban J connectivity index is 0.954. The second-order valence-electron chi connectivity index (χ2n) is 17.3. The van der Waals surface area contributed by atoms with Gasteiger partial charge in [0.2, 0.25) is 29.6 Å². The molecule has 0 saturated heterocycles. The van der Waals surface area contributed by atoms with Crippen LogP contribution in [-0.4, -0.2) is 106 Å². The van der Waals surface area contributed by atoms with Crippen molar-refractivity contribution >= 4 is 99.1 Å². The lowest BCUT2D eigenvalue weighted by Crippen LogP contribution is -2.56. The molecule has 0 aliphatic carbocycles. The summed E-state index contributed by atoms with van der Waals surface area (Å²) < 4.78 is 0. The number of aromatic amines is 1. The fourth-order valence-electron chi connectivity index (χ4n) is 7.39. The largest absolute Gasteiger partial charge is 0.480 e. The first-order valence-corrected chi connectivity index (χ1v) is 25.0. The van der Waals surface area contributed by atoms with Gasteiger partial charge in [-0.25, -0.2) is 19.7 Å². The molecule has 3 aromatic heterocycles. The van der Waals surface area contributed by atoms with Crippen LogP contribution in [0.15, 0.2) is 76.7 Å². The summed E-state index contributed by atoms with van der Waals surface area (Å²) >= 11 is 7.01. The molecule has 2 aromatic carbocycles. The molecule has 4 bridgehead atoms. The number of carboxylic acid groups (broad SMARTS) is 1. The molecule has 24 heteroatoms. The standard InChI is InChI=1S/C47H53N13O8S3/c1-24(2)35-41(64)54-29(6-4-5-17-69)18-33(62)51-22-34-56-36(43-60-47(3,23-70-43)45(68)57-35)38(71-34)26-9-7-25(8-10-26)19-50-32(61)16-15-31(44(66)67)55-40(63)27-11-13-28(14-12-27)49-20-30-21-52-39-37(53-30)42(65)59-46(48)58-39/h4,6-14,21,24,29,31,35,49,69H,5,15-20,22-23H2,1-3H3,(H,50,61)(H,51,62)(H,54,64)(H,55,63)(H,57,68)(H,66,67)(H3,48,52,58,59,65)/b6-4+/t29?,31-,35-,47-/m0/s1. The van der Waals surface area contributed by atoms with Crippen molar-refractivity contribution in [2.45, 2.75) is 89.8 Å². The van der Waals surface area contributed by atoms with E-state index in [1.165, 1.54) is 41.4 Å². The maximum Gasteiger partial charge on any atom is 0.326 e. The van der Waals surface area contributed by atoms with E-state index < -0.39 is 58.8 Å². The monoisotopic (exact) mass is 1020 g/mol. The third-order valence-corrected chi connectivity index (χ3v) is 14.0. The van der Waals surface area contributed by atoms with Crippen molar-refractivity contribution in [3.8, 4) is 10.4 Å². The number of nitrogen functional groups attached to an aromatic ring is 1. The van der Waals surface area contributed by atoms with Gasteiger partial charge < -0.3 is 42.7 Å². The molecule has 10 N–H and O–H groups in total. The predicted octanol–water partition coefficient (Wildman–Crippen LogP) is 3.08. The minimum atomic E-state index is -1.34. The number of hydrogen-bond donors (Lipinski definition) is 10. The summed E-state index contributed by atoms with van der Waals surface area (Å²) in [5, 5.41) is 28.3. The number of amides is 5. The van der Waals surface area contributed by atoms with Crippen LogP contribution >= 0.6 is 35.7 Å². The van der Waals surface area contributed by atoms with E-state index in [2.05, 4.69) is 64.5 Å². The van der Waals surface area contributed by atoms with E-state index in [9.17, 15) is 38.7 Å². The molecule has 5 heterocycles. The topological polar surface area (TPSA) is 318 Å². The number of aliphatic carboxylic acids is 1. The molecule has 1 unspecified atom stereocenters. The molecule has 4 atom stereocenters. The van der Waals surface area contributed by atoms with Gasteiger partial charge in [-0.3, -0.25) is 38.7 Å². The lowest BCUT2D eigenvalue weighted by molar-refractivity contribution is -0.139. The number of benzene rings is 2. The van der Waals surface area contributed by atoms with E-state index in [1.54, 1.807) is 25.1 Å². The van der Waals surface area contributed by atoms with Crippen molar-refractivity contribution in [1.82, 2.24) is 51.5 Å². The fraction of sp³-hybridized carbons (Fsp3) is 0.362. The van der Waals surface area contributed by atoms with E-state index in [4.69, 9.17) is 15.7 Å². The van der Waals surface area contributed by atoms with Crippen molar-refractivity contribution < 1.29 is 33.9 Å². The average molecular weight is 1020 g/mol. The van der Waals surface area contributed by atoms with E-state index >= 15 is 0 Å². The maximum atomic E-state index is 13.8. The highest BCUT2D eigenvalue weighted by Crippen LogP contribution is 2.38. The smallest absolute Gasteiger partial charge is 0.326 e. The molecule has 7 rings (SSSR count).